The van der Waals surface area contributed by atoms with Crippen LogP contribution in [0, 0.1) is 0 Å². The van der Waals surface area contributed by atoms with Crippen LogP contribution >= 0.6 is 12.4 Å². The molecule has 8 heteroatoms. The number of rotatable bonds is 11. The number of halogens is 1. The third-order valence-electron chi connectivity index (χ3n) is 7.35. The highest BCUT2D eigenvalue weighted by molar-refractivity contribution is 6.13. The quantitative estimate of drug-likeness (QED) is 0.131. The Morgan fingerprint density at radius 3 is 2.31 bits per heavy atom. The van der Waals surface area contributed by atoms with Crippen LogP contribution in [0.25, 0.3) is 21.8 Å². The van der Waals surface area contributed by atoms with E-state index >= 15 is 0 Å². The van der Waals surface area contributed by atoms with Crippen LogP contribution in [0.1, 0.15) is 34.3 Å². The largest absolute Gasteiger partial charge is 0.493 e. The van der Waals surface area contributed by atoms with E-state index in [-0.39, 0.29) is 23.7 Å². The van der Waals surface area contributed by atoms with E-state index in [4.69, 9.17) is 9.47 Å². The van der Waals surface area contributed by atoms with Crippen LogP contribution in [-0.4, -0.2) is 43.6 Å². The summed E-state index contributed by atoms with van der Waals surface area (Å²) in [6.45, 7) is 1.83. The summed E-state index contributed by atoms with van der Waals surface area (Å²) in [5, 5.41) is 4.09. The van der Waals surface area contributed by atoms with Crippen molar-refractivity contribution in [2.45, 2.75) is 25.8 Å². The molecule has 42 heavy (non-hydrogen) atoms. The lowest BCUT2D eigenvalue weighted by Gasteiger charge is -2.18. The van der Waals surface area contributed by atoms with Crippen LogP contribution in [0.15, 0.2) is 89.7 Å². The molecule has 1 aromatic heterocycles. The van der Waals surface area contributed by atoms with Crippen LogP contribution in [0.5, 0.6) is 11.5 Å². The number of aryl methyl sites for hydroxylation is 1. The molecule has 0 saturated carbocycles. The average Bonchev–Trinajstić information content (AvgIpc) is 3.00. The van der Waals surface area contributed by atoms with Gasteiger partial charge in [0.25, 0.3) is 5.91 Å². The summed E-state index contributed by atoms with van der Waals surface area (Å²) in [6.07, 6.45) is 3.12. The molecule has 7 nitrogen and oxygen atoms in total. The molecule has 0 atom stereocenters. The van der Waals surface area contributed by atoms with Crippen molar-refractivity contribution in [1.29, 1.82) is 0 Å². The number of fused-ring (bicyclic) bond motifs is 2. The molecule has 5 aromatic rings. The molecule has 1 heterocycles. The average molecular weight is 586 g/mol. The Labute approximate surface area is 251 Å². The maximum atomic E-state index is 13.2. The van der Waals surface area contributed by atoms with Gasteiger partial charge < -0.3 is 24.7 Å². The normalized spacial score (nSPS) is 11.0. The van der Waals surface area contributed by atoms with Gasteiger partial charge in [0.1, 0.15) is 0 Å². The molecule has 4 aromatic carbocycles. The number of H-pyrrole nitrogens is 1. The van der Waals surface area contributed by atoms with Gasteiger partial charge in [-0.3, -0.25) is 9.59 Å². The number of carbonyl (C=O) groups is 1. The molecule has 0 radical (unpaired) electrons. The van der Waals surface area contributed by atoms with Gasteiger partial charge in [-0.05, 0) is 92.5 Å². The Morgan fingerprint density at radius 2 is 1.55 bits per heavy atom. The van der Waals surface area contributed by atoms with E-state index in [1.165, 1.54) is 11.1 Å². The molecule has 0 unspecified atom stereocenters. The number of anilines is 1. The number of benzene rings is 4. The van der Waals surface area contributed by atoms with E-state index in [1.807, 2.05) is 42.5 Å². The first-order valence-electron chi connectivity index (χ1n) is 13.8. The Balaban J connectivity index is 0.00000405. The third-order valence-corrected chi connectivity index (χ3v) is 7.35. The van der Waals surface area contributed by atoms with Crippen molar-refractivity contribution in [2.75, 3.05) is 33.1 Å². The molecule has 0 bridgehead atoms. The van der Waals surface area contributed by atoms with E-state index < -0.39 is 0 Å². The van der Waals surface area contributed by atoms with Gasteiger partial charge in [0.15, 0.2) is 16.9 Å². The van der Waals surface area contributed by atoms with E-state index in [0.29, 0.717) is 33.1 Å². The van der Waals surface area contributed by atoms with Gasteiger partial charge >= 0.3 is 0 Å². The number of amides is 1. The van der Waals surface area contributed by atoms with Crippen molar-refractivity contribution >= 4 is 45.8 Å². The van der Waals surface area contributed by atoms with Crippen LogP contribution in [0.2, 0.25) is 0 Å². The minimum atomic E-state index is -0.258. The van der Waals surface area contributed by atoms with Gasteiger partial charge in [-0.25, -0.2) is 0 Å². The Kier molecular flexibility index (Phi) is 10.2. The number of aromatic nitrogens is 1. The molecule has 0 fully saturated rings. The number of nitrogens with zero attached hydrogens (tertiary/aromatic N) is 1. The second-order valence-corrected chi connectivity index (χ2v) is 10.3. The highest BCUT2D eigenvalue weighted by atomic mass is 35.5. The SMILES string of the molecule is COc1ccc(CN(C)CCCCc2ccc(NC(=O)c3cccc4c(=O)c5ccccc5[nH]c34)cc2)cc1OC.Cl. The van der Waals surface area contributed by atoms with Gasteiger partial charge in [-0.15, -0.1) is 12.4 Å². The number of nitrogens with one attached hydrogen (secondary N) is 2. The van der Waals surface area contributed by atoms with Gasteiger partial charge in [-0.2, -0.15) is 0 Å². The molecule has 218 valence electrons. The van der Waals surface area contributed by atoms with Crippen molar-refractivity contribution < 1.29 is 14.3 Å². The zero-order valence-electron chi connectivity index (χ0n) is 24.1. The molecule has 0 aliphatic rings. The minimum absolute atomic E-state index is 0. The first-order chi connectivity index (χ1) is 20.0. The highest BCUT2D eigenvalue weighted by Crippen LogP contribution is 2.28. The zero-order valence-corrected chi connectivity index (χ0v) is 24.9. The first-order valence-corrected chi connectivity index (χ1v) is 13.8. The number of para-hydroxylation sites is 2. The van der Waals surface area contributed by atoms with E-state index in [0.717, 1.165) is 43.9 Å². The lowest BCUT2D eigenvalue weighted by atomic mass is 10.1. The standard InChI is InChI=1S/C34H35N3O4.ClH/c1-37(22-24-16-19-30(40-2)31(21-24)41-3)20-7-6-9-23-14-17-25(18-15-23)35-34(39)28-12-8-11-27-32(28)36-29-13-5-4-10-26(29)33(27)38;/h4-5,8,10-19,21H,6-7,9,20,22H2,1-3H3,(H,35,39)(H,36,38);1H. The van der Waals surface area contributed by atoms with Crippen LogP contribution in [-0.2, 0) is 13.0 Å². The molecule has 0 aliphatic heterocycles. The molecule has 0 aliphatic carbocycles. The second kappa shape index (κ2) is 14.0. The number of hydrogen-bond donors (Lipinski definition) is 2. The van der Waals surface area contributed by atoms with Gasteiger partial charge in [-0.1, -0.05) is 36.4 Å². The lowest BCUT2D eigenvalue weighted by molar-refractivity contribution is 0.102. The van der Waals surface area contributed by atoms with E-state index in [1.54, 1.807) is 38.5 Å². The zero-order chi connectivity index (χ0) is 28.8. The smallest absolute Gasteiger partial charge is 0.257 e. The summed E-state index contributed by atoms with van der Waals surface area (Å²) in [5.41, 5.74) is 4.74. The van der Waals surface area contributed by atoms with Crippen LogP contribution < -0.4 is 20.2 Å². The number of aromatic amines is 1. The summed E-state index contributed by atoms with van der Waals surface area (Å²) in [7, 11) is 5.43. The fourth-order valence-electron chi connectivity index (χ4n) is 5.17. The molecular formula is C34H36ClN3O4. The lowest BCUT2D eigenvalue weighted by Crippen LogP contribution is -2.19. The number of ether oxygens (including phenoxy) is 2. The molecular weight excluding hydrogens is 550 g/mol. The molecule has 0 spiro atoms. The van der Waals surface area contributed by atoms with Gasteiger partial charge in [0.05, 0.1) is 25.3 Å². The summed E-state index contributed by atoms with van der Waals surface area (Å²) in [5.74, 6) is 1.23. The van der Waals surface area contributed by atoms with Crippen LogP contribution in [0.3, 0.4) is 0 Å². The Morgan fingerprint density at radius 1 is 0.833 bits per heavy atom. The number of pyridine rings is 1. The topological polar surface area (TPSA) is 83.7 Å². The molecule has 5 rings (SSSR count). The van der Waals surface area contributed by atoms with Gasteiger partial charge in [0, 0.05) is 28.5 Å². The third kappa shape index (κ3) is 6.93. The highest BCUT2D eigenvalue weighted by Gasteiger charge is 2.14. The maximum absolute atomic E-state index is 13.2. The van der Waals surface area contributed by atoms with Crippen molar-refractivity contribution in [2.24, 2.45) is 0 Å². The first kappa shape index (κ1) is 30.6. The van der Waals surface area contributed by atoms with Crippen molar-refractivity contribution in [3.8, 4) is 11.5 Å². The molecule has 0 saturated heterocycles. The van der Waals surface area contributed by atoms with Crippen LogP contribution in [0.4, 0.5) is 5.69 Å². The fourth-order valence-corrected chi connectivity index (χ4v) is 5.17. The fraction of sp³-hybridized carbons (Fsp3) is 0.235. The number of unbranched alkanes of at least 4 members (excludes halogenated alkanes) is 1. The molecule has 2 N–H and O–H groups in total. The Bertz CT molecular complexity index is 1730. The number of carbonyl (C=O) groups excluding carboxylic acids is 1. The summed E-state index contributed by atoms with van der Waals surface area (Å²) >= 11 is 0. The maximum Gasteiger partial charge on any atom is 0.257 e. The van der Waals surface area contributed by atoms with Gasteiger partial charge in [0.2, 0.25) is 0 Å². The Hall–Kier alpha value is -4.33. The summed E-state index contributed by atoms with van der Waals surface area (Å²) in [4.78, 5) is 31.7. The van der Waals surface area contributed by atoms with E-state index in [9.17, 15) is 9.59 Å². The molecule has 1 amide bonds. The predicted octanol–water partition coefficient (Wildman–Crippen LogP) is 6.83. The number of hydrogen-bond acceptors (Lipinski definition) is 5. The van der Waals surface area contributed by atoms with Crippen molar-refractivity contribution in [3.63, 3.8) is 0 Å². The predicted molar refractivity (Wildman–Crippen MR) is 173 cm³/mol. The van der Waals surface area contributed by atoms with Crippen molar-refractivity contribution in [1.82, 2.24) is 9.88 Å². The monoisotopic (exact) mass is 585 g/mol. The summed E-state index contributed by atoms with van der Waals surface area (Å²) < 4.78 is 10.7. The summed E-state index contributed by atoms with van der Waals surface area (Å²) in [6, 6.07) is 26.6. The number of methoxy groups -OCH3 is 2. The van der Waals surface area contributed by atoms with E-state index in [2.05, 4.69) is 40.4 Å². The second-order valence-electron chi connectivity index (χ2n) is 10.3. The minimum Gasteiger partial charge on any atom is -0.493 e. The van der Waals surface area contributed by atoms with Crippen molar-refractivity contribution in [3.05, 3.63) is 112 Å².